The Hall–Kier alpha value is -2.04. The fourth-order valence-corrected chi connectivity index (χ4v) is 5.95. The molecule has 0 aliphatic heterocycles. The second-order valence-corrected chi connectivity index (χ2v) is 8.84. The minimum Gasteiger partial charge on any atom is -0.497 e. The molecule has 4 aliphatic carbocycles. The van der Waals surface area contributed by atoms with Gasteiger partial charge in [-0.1, -0.05) is 6.07 Å². The van der Waals surface area contributed by atoms with Crippen LogP contribution in [0.4, 0.5) is 5.69 Å². The monoisotopic (exact) mass is 370 g/mol. The van der Waals surface area contributed by atoms with E-state index in [-0.39, 0.29) is 17.2 Å². The Morgan fingerprint density at radius 2 is 1.78 bits per heavy atom. The van der Waals surface area contributed by atoms with Crippen LogP contribution in [-0.4, -0.2) is 25.5 Å². The van der Waals surface area contributed by atoms with Gasteiger partial charge in [0.2, 0.25) is 11.8 Å². The first-order valence-corrected chi connectivity index (χ1v) is 10.3. The standard InChI is InChI=1S/C22H30N2O3/c1-27-19-5-2-4-18(11-19)24-20(25)6-3-7-23-21(26)22-12-15-8-16(13-22)10-17(9-15)14-22/h2,4-5,11,15-17H,3,6-10,12-14H2,1H3,(H,23,26)(H,24,25). The molecule has 4 fully saturated rings. The van der Waals surface area contributed by atoms with Crippen molar-refractivity contribution in [1.29, 1.82) is 0 Å². The molecule has 5 heteroatoms. The molecule has 1 aromatic carbocycles. The second-order valence-electron chi connectivity index (χ2n) is 8.84. The SMILES string of the molecule is COc1cccc(NC(=O)CCCNC(=O)C23CC4CC(CC(C4)C2)C3)c1. The number of hydrogen-bond donors (Lipinski definition) is 2. The average Bonchev–Trinajstić information content (AvgIpc) is 2.64. The highest BCUT2D eigenvalue weighted by molar-refractivity contribution is 5.91. The molecule has 27 heavy (non-hydrogen) atoms. The van der Waals surface area contributed by atoms with E-state index in [0.29, 0.717) is 19.4 Å². The summed E-state index contributed by atoms with van der Waals surface area (Å²) in [6.07, 6.45) is 8.35. The van der Waals surface area contributed by atoms with Crippen molar-refractivity contribution in [2.24, 2.45) is 23.2 Å². The van der Waals surface area contributed by atoms with E-state index in [1.54, 1.807) is 13.2 Å². The van der Waals surface area contributed by atoms with Crippen LogP contribution in [0.1, 0.15) is 51.4 Å². The summed E-state index contributed by atoms with van der Waals surface area (Å²) in [6, 6.07) is 7.33. The lowest BCUT2D eigenvalue weighted by Crippen LogP contribution is -2.53. The van der Waals surface area contributed by atoms with E-state index in [9.17, 15) is 9.59 Å². The highest BCUT2D eigenvalue weighted by Crippen LogP contribution is 2.60. The maximum atomic E-state index is 12.9. The molecule has 0 atom stereocenters. The Morgan fingerprint density at radius 3 is 2.41 bits per heavy atom. The Labute approximate surface area is 161 Å². The highest BCUT2D eigenvalue weighted by atomic mass is 16.5. The van der Waals surface area contributed by atoms with Gasteiger partial charge in [-0.05, 0) is 74.8 Å². The van der Waals surface area contributed by atoms with Crippen molar-refractivity contribution < 1.29 is 14.3 Å². The minimum absolute atomic E-state index is 0.0349. The van der Waals surface area contributed by atoms with Crippen molar-refractivity contribution in [3.8, 4) is 5.75 Å². The fourth-order valence-electron chi connectivity index (χ4n) is 5.95. The third kappa shape index (κ3) is 3.97. The molecule has 146 valence electrons. The molecule has 0 spiro atoms. The number of hydrogen-bond acceptors (Lipinski definition) is 3. The van der Waals surface area contributed by atoms with E-state index in [1.165, 1.54) is 19.3 Å². The van der Waals surface area contributed by atoms with Crippen LogP contribution in [0.15, 0.2) is 24.3 Å². The molecule has 0 saturated heterocycles. The van der Waals surface area contributed by atoms with Crippen LogP contribution < -0.4 is 15.4 Å². The minimum atomic E-state index is -0.0996. The number of benzene rings is 1. The number of anilines is 1. The van der Waals surface area contributed by atoms with Crippen LogP contribution in [0.2, 0.25) is 0 Å². The molecule has 1 aromatic rings. The van der Waals surface area contributed by atoms with Crippen molar-refractivity contribution in [3.05, 3.63) is 24.3 Å². The van der Waals surface area contributed by atoms with Crippen LogP contribution in [0.3, 0.4) is 0 Å². The van der Waals surface area contributed by atoms with Gasteiger partial charge >= 0.3 is 0 Å². The van der Waals surface area contributed by atoms with Crippen LogP contribution in [0.25, 0.3) is 0 Å². The van der Waals surface area contributed by atoms with E-state index >= 15 is 0 Å². The molecule has 2 N–H and O–H groups in total. The third-order valence-electron chi connectivity index (χ3n) is 6.74. The predicted octanol–water partition coefficient (Wildman–Crippen LogP) is 3.75. The van der Waals surface area contributed by atoms with Gasteiger partial charge in [0.1, 0.15) is 5.75 Å². The lowest BCUT2D eigenvalue weighted by atomic mass is 9.49. The average molecular weight is 370 g/mol. The van der Waals surface area contributed by atoms with Gasteiger partial charge in [-0.3, -0.25) is 9.59 Å². The summed E-state index contributed by atoms with van der Waals surface area (Å²) in [5, 5.41) is 6.02. The van der Waals surface area contributed by atoms with Gasteiger partial charge in [-0.2, -0.15) is 0 Å². The molecule has 2 amide bonds. The quantitative estimate of drug-likeness (QED) is 0.719. The first kappa shape index (κ1) is 18.3. The highest BCUT2D eigenvalue weighted by Gasteiger charge is 2.54. The molecule has 0 aromatic heterocycles. The smallest absolute Gasteiger partial charge is 0.226 e. The molecule has 0 heterocycles. The second kappa shape index (κ2) is 7.53. The van der Waals surface area contributed by atoms with Crippen molar-refractivity contribution in [2.45, 2.75) is 51.4 Å². The number of nitrogens with one attached hydrogen (secondary N) is 2. The third-order valence-corrected chi connectivity index (χ3v) is 6.74. The van der Waals surface area contributed by atoms with Gasteiger partial charge < -0.3 is 15.4 Å². The number of rotatable bonds is 7. The topological polar surface area (TPSA) is 67.4 Å². The zero-order valence-corrected chi connectivity index (χ0v) is 16.1. The summed E-state index contributed by atoms with van der Waals surface area (Å²) in [4.78, 5) is 25.0. The van der Waals surface area contributed by atoms with Gasteiger partial charge in [0.15, 0.2) is 0 Å². The lowest BCUT2D eigenvalue weighted by molar-refractivity contribution is -0.146. The molecular formula is C22H30N2O3. The molecular weight excluding hydrogens is 340 g/mol. The Balaban J connectivity index is 1.21. The van der Waals surface area contributed by atoms with Crippen molar-refractivity contribution in [1.82, 2.24) is 5.32 Å². The van der Waals surface area contributed by atoms with Crippen molar-refractivity contribution in [2.75, 3.05) is 19.0 Å². The van der Waals surface area contributed by atoms with Gasteiger partial charge in [-0.15, -0.1) is 0 Å². The van der Waals surface area contributed by atoms with Crippen molar-refractivity contribution >= 4 is 17.5 Å². The predicted molar refractivity (Wildman–Crippen MR) is 104 cm³/mol. The fraction of sp³-hybridized carbons (Fsp3) is 0.636. The van der Waals surface area contributed by atoms with E-state index in [1.807, 2.05) is 18.2 Å². The van der Waals surface area contributed by atoms with E-state index in [2.05, 4.69) is 10.6 Å². The molecule has 0 unspecified atom stereocenters. The maximum Gasteiger partial charge on any atom is 0.226 e. The van der Waals surface area contributed by atoms with Crippen LogP contribution in [-0.2, 0) is 9.59 Å². The van der Waals surface area contributed by atoms with Gasteiger partial charge in [0.25, 0.3) is 0 Å². The Bertz CT molecular complexity index is 680. The molecule has 4 bridgehead atoms. The summed E-state index contributed by atoms with van der Waals surface area (Å²) in [7, 11) is 1.60. The zero-order chi connectivity index (χ0) is 18.9. The van der Waals surface area contributed by atoms with E-state index < -0.39 is 0 Å². The Kier molecular flexibility index (Phi) is 5.11. The van der Waals surface area contributed by atoms with Crippen molar-refractivity contribution in [3.63, 3.8) is 0 Å². The normalized spacial score (nSPS) is 30.8. The van der Waals surface area contributed by atoms with Crippen LogP contribution in [0.5, 0.6) is 5.75 Å². The molecule has 5 rings (SSSR count). The number of carbonyl (C=O) groups is 2. The number of amides is 2. The number of methoxy groups -OCH3 is 1. The van der Waals surface area contributed by atoms with Gasteiger partial charge in [0.05, 0.1) is 7.11 Å². The molecule has 4 aliphatic rings. The van der Waals surface area contributed by atoms with E-state index in [0.717, 1.165) is 48.5 Å². The van der Waals surface area contributed by atoms with Crippen LogP contribution >= 0.6 is 0 Å². The summed E-state index contributed by atoms with van der Waals surface area (Å²) < 4.78 is 5.16. The molecule has 5 nitrogen and oxygen atoms in total. The molecule has 4 saturated carbocycles. The largest absolute Gasteiger partial charge is 0.497 e. The van der Waals surface area contributed by atoms with Gasteiger partial charge in [-0.25, -0.2) is 0 Å². The molecule has 0 radical (unpaired) electrons. The van der Waals surface area contributed by atoms with Gasteiger partial charge in [0, 0.05) is 30.1 Å². The summed E-state index contributed by atoms with van der Waals surface area (Å²) in [5.74, 6) is 3.25. The maximum absolute atomic E-state index is 12.9. The number of carbonyl (C=O) groups excluding carboxylic acids is 2. The number of ether oxygens (including phenoxy) is 1. The first-order valence-electron chi connectivity index (χ1n) is 10.3. The van der Waals surface area contributed by atoms with Crippen LogP contribution in [0, 0.1) is 23.2 Å². The summed E-state index contributed by atoms with van der Waals surface area (Å²) in [6.45, 7) is 0.576. The summed E-state index contributed by atoms with van der Waals surface area (Å²) >= 11 is 0. The lowest BCUT2D eigenvalue weighted by Gasteiger charge is -2.55. The zero-order valence-electron chi connectivity index (χ0n) is 16.1. The summed E-state index contributed by atoms with van der Waals surface area (Å²) in [5.41, 5.74) is 0.634. The Morgan fingerprint density at radius 1 is 1.11 bits per heavy atom. The van der Waals surface area contributed by atoms with E-state index in [4.69, 9.17) is 4.74 Å². The first-order chi connectivity index (χ1) is 13.1.